The summed E-state index contributed by atoms with van der Waals surface area (Å²) in [5, 5.41) is 3.45. The second-order valence-corrected chi connectivity index (χ2v) is 5.23. The first kappa shape index (κ1) is 14.6. The maximum atomic E-state index is 12.0. The molecule has 2 amide bonds. The Bertz CT molecular complexity index is 525. The number of halogens is 1. The van der Waals surface area contributed by atoms with E-state index in [9.17, 15) is 9.59 Å². The highest BCUT2D eigenvalue weighted by Gasteiger charge is 2.30. The van der Waals surface area contributed by atoms with Crippen LogP contribution in [-0.4, -0.2) is 24.9 Å². The molecule has 1 aromatic carbocycles. The monoisotopic (exact) mass is 292 g/mol. The van der Waals surface area contributed by atoms with Crippen LogP contribution in [-0.2, 0) is 9.59 Å². The molecule has 2 rings (SSSR count). The standard InChI is InChI=1S/C15H17ClN2O2/c1-2-3-14(19)17-9-11-8-15(20)18(10-11)13-6-4-12(16)5-7-13/h2-7,11H,8-10H2,1H3,(H,17,19)/b3-2-. The van der Waals surface area contributed by atoms with Crippen LogP contribution in [0.3, 0.4) is 0 Å². The fourth-order valence-corrected chi connectivity index (χ4v) is 2.37. The number of nitrogens with one attached hydrogen (secondary N) is 1. The van der Waals surface area contributed by atoms with Gasteiger partial charge in [0.2, 0.25) is 11.8 Å². The molecule has 1 N–H and O–H groups in total. The largest absolute Gasteiger partial charge is 0.352 e. The molecule has 1 aliphatic heterocycles. The Balaban J connectivity index is 1.93. The van der Waals surface area contributed by atoms with Gasteiger partial charge in [-0.2, -0.15) is 0 Å². The van der Waals surface area contributed by atoms with Crippen molar-refractivity contribution in [3.63, 3.8) is 0 Å². The number of rotatable bonds is 4. The van der Waals surface area contributed by atoms with Crippen LogP contribution < -0.4 is 10.2 Å². The average Bonchev–Trinajstić information content (AvgIpc) is 2.79. The van der Waals surface area contributed by atoms with Crippen molar-refractivity contribution in [3.8, 4) is 0 Å². The zero-order chi connectivity index (χ0) is 14.5. The number of hydrogen-bond acceptors (Lipinski definition) is 2. The minimum atomic E-state index is -0.120. The highest BCUT2D eigenvalue weighted by atomic mass is 35.5. The molecule has 1 heterocycles. The van der Waals surface area contributed by atoms with Gasteiger partial charge in [0, 0.05) is 36.1 Å². The van der Waals surface area contributed by atoms with Gasteiger partial charge in [-0.25, -0.2) is 0 Å². The van der Waals surface area contributed by atoms with E-state index in [1.165, 1.54) is 6.08 Å². The normalized spacial score (nSPS) is 18.8. The van der Waals surface area contributed by atoms with Gasteiger partial charge in [0.15, 0.2) is 0 Å². The summed E-state index contributed by atoms with van der Waals surface area (Å²) in [6.45, 7) is 2.93. The number of allylic oxidation sites excluding steroid dienone is 1. The summed E-state index contributed by atoms with van der Waals surface area (Å²) >= 11 is 5.84. The second kappa shape index (κ2) is 6.57. The van der Waals surface area contributed by atoms with Crippen molar-refractivity contribution in [1.29, 1.82) is 0 Å². The van der Waals surface area contributed by atoms with Crippen molar-refractivity contribution in [3.05, 3.63) is 41.4 Å². The number of carbonyl (C=O) groups excluding carboxylic acids is 2. The van der Waals surface area contributed by atoms with Crippen molar-refractivity contribution in [1.82, 2.24) is 5.32 Å². The van der Waals surface area contributed by atoms with Crippen LogP contribution in [0.2, 0.25) is 5.02 Å². The lowest BCUT2D eigenvalue weighted by Gasteiger charge is -2.17. The molecule has 0 radical (unpaired) electrons. The Morgan fingerprint density at radius 2 is 2.15 bits per heavy atom. The van der Waals surface area contributed by atoms with Crippen molar-refractivity contribution in [2.24, 2.45) is 5.92 Å². The van der Waals surface area contributed by atoms with Gasteiger partial charge in [-0.05, 0) is 37.3 Å². The van der Waals surface area contributed by atoms with Crippen LogP contribution in [0.4, 0.5) is 5.69 Å². The van der Waals surface area contributed by atoms with E-state index in [2.05, 4.69) is 5.32 Å². The van der Waals surface area contributed by atoms with Gasteiger partial charge in [-0.3, -0.25) is 9.59 Å². The van der Waals surface area contributed by atoms with Gasteiger partial charge in [0.25, 0.3) is 0 Å². The molecule has 0 aliphatic carbocycles. The third-order valence-electron chi connectivity index (χ3n) is 3.23. The highest BCUT2D eigenvalue weighted by molar-refractivity contribution is 6.30. The molecular formula is C15H17ClN2O2. The third kappa shape index (κ3) is 3.61. The van der Waals surface area contributed by atoms with Crippen molar-refractivity contribution < 1.29 is 9.59 Å². The SMILES string of the molecule is C/C=C\C(=O)NCC1CC(=O)N(c2ccc(Cl)cc2)C1. The first-order valence-electron chi connectivity index (χ1n) is 6.56. The van der Waals surface area contributed by atoms with Crippen LogP contribution in [0.25, 0.3) is 0 Å². The number of hydrogen-bond donors (Lipinski definition) is 1. The third-order valence-corrected chi connectivity index (χ3v) is 3.48. The molecule has 1 atom stereocenters. The molecule has 0 spiro atoms. The summed E-state index contributed by atoms with van der Waals surface area (Å²) in [4.78, 5) is 25.1. The molecule has 1 unspecified atom stereocenters. The predicted octanol–water partition coefficient (Wildman–Crippen LogP) is 2.39. The summed E-state index contributed by atoms with van der Waals surface area (Å²) in [6, 6.07) is 7.21. The van der Waals surface area contributed by atoms with E-state index in [0.29, 0.717) is 24.5 Å². The average molecular weight is 293 g/mol. The number of amides is 2. The predicted molar refractivity (Wildman–Crippen MR) is 79.7 cm³/mol. The zero-order valence-corrected chi connectivity index (χ0v) is 12.1. The van der Waals surface area contributed by atoms with E-state index < -0.39 is 0 Å². The Morgan fingerprint density at radius 1 is 1.45 bits per heavy atom. The van der Waals surface area contributed by atoms with Gasteiger partial charge in [0.1, 0.15) is 0 Å². The van der Waals surface area contributed by atoms with E-state index >= 15 is 0 Å². The summed E-state index contributed by atoms with van der Waals surface area (Å²) in [6.07, 6.45) is 3.63. The van der Waals surface area contributed by atoms with Crippen LogP contribution in [0.5, 0.6) is 0 Å². The molecule has 1 saturated heterocycles. The van der Waals surface area contributed by atoms with E-state index in [-0.39, 0.29) is 17.7 Å². The van der Waals surface area contributed by atoms with Crippen LogP contribution >= 0.6 is 11.6 Å². The first-order valence-corrected chi connectivity index (χ1v) is 6.94. The lowest BCUT2D eigenvalue weighted by Crippen LogP contribution is -2.30. The van der Waals surface area contributed by atoms with Crippen LogP contribution in [0, 0.1) is 5.92 Å². The van der Waals surface area contributed by atoms with Crippen molar-refractivity contribution in [2.45, 2.75) is 13.3 Å². The van der Waals surface area contributed by atoms with Gasteiger partial charge < -0.3 is 10.2 Å². The van der Waals surface area contributed by atoms with E-state index in [4.69, 9.17) is 11.6 Å². The van der Waals surface area contributed by atoms with Crippen molar-refractivity contribution in [2.75, 3.05) is 18.0 Å². The smallest absolute Gasteiger partial charge is 0.243 e. The zero-order valence-electron chi connectivity index (χ0n) is 11.3. The van der Waals surface area contributed by atoms with Gasteiger partial charge in [-0.1, -0.05) is 17.7 Å². The second-order valence-electron chi connectivity index (χ2n) is 4.80. The molecule has 1 fully saturated rings. The molecule has 0 aromatic heterocycles. The topological polar surface area (TPSA) is 49.4 Å². The van der Waals surface area contributed by atoms with Crippen molar-refractivity contribution >= 4 is 29.1 Å². The fourth-order valence-electron chi connectivity index (χ4n) is 2.24. The van der Waals surface area contributed by atoms with Gasteiger partial charge in [-0.15, -0.1) is 0 Å². The molecular weight excluding hydrogens is 276 g/mol. The summed E-state index contributed by atoms with van der Waals surface area (Å²) in [7, 11) is 0. The maximum Gasteiger partial charge on any atom is 0.243 e. The van der Waals surface area contributed by atoms with E-state index in [1.54, 1.807) is 30.0 Å². The van der Waals surface area contributed by atoms with Crippen LogP contribution in [0.15, 0.2) is 36.4 Å². The lowest BCUT2D eigenvalue weighted by molar-refractivity contribution is -0.118. The molecule has 1 aliphatic rings. The number of nitrogens with zero attached hydrogens (tertiary/aromatic N) is 1. The maximum absolute atomic E-state index is 12.0. The first-order chi connectivity index (χ1) is 9.60. The lowest BCUT2D eigenvalue weighted by atomic mass is 10.1. The quantitative estimate of drug-likeness (QED) is 0.866. The molecule has 5 heteroatoms. The number of benzene rings is 1. The Labute approximate surface area is 123 Å². The van der Waals surface area contributed by atoms with E-state index in [0.717, 1.165) is 5.69 Å². The molecule has 4 nitrogen and oxygen atoms in total. The van der Waals surface area contributed by atoms with Gasteiger partial charge >= 0.3 is 0 Å². The minimum Gasteiger partial charge on any atom is -0.352 e. The highest BCUT2D eigenvalue weighted by Crippen LogP contribution is 2.25. The summed E-state index contributed by atoms with van der Waals surface area (Å²) < 4.78 is 0. The minimum absolute atomic E-state index is 0.0811. The fraction of sp³-hybridized carbons (Fsp3) is 0.333. The molecule has 20 heavy (non-hydrogen) atoms. The Kier molecular flexibility index (Phi) is 4.79. The van der Waals surface area contributed by atoms with Crippen LogP contribution in [0.1, 0.15) is 13.3 Å². The van der Waals surface area contributed by atoms with Gasteiger partial charge in [0.05, 0.1) is 0 Å². The molecule has 106 valence electrons. The Morgan fingerprint density at radius 3 is 2.80 bits per heavy atom. The molecule has 0 bridgehead atoms. The number of anilines is 1. The summed E-state index contributed by atoms with van der Waals surface area (Å²) in [5.74, 6) is 0.106. The Hall–Kier alpha value is -1.81. The summed E-state index contributed by atoms with van der Waals surface area (Å²) in [5.41, 5.74) is 0.849. The molecule has 1 aromatic rings. The number of carbonyl (C=O) groups is 2. The van der Waals surface area contributed by atoms with E-state index in [1.807, 2.05) is 12.1 Å². The molecule has 0 saturated carbocycles.